The van der Waals surface area contributed by atoms with Gasteiger partial charge >= 0.3 is 6.18 Å². The first-order valence-electron chi connectivity index (χ1n) is 5.23. The van der Waals surface area contributed by atoms with Crippen molar-refractivity contribution in [2.75, 3.05) is 5.32 Å². The lowest BCUT2D eigenvalue weighted by Gasteiger charge is -2.09. The van der Waals surface area contributed by atoms with Crippen LogP contribution in [0.3, 0.4) is 0 Å². The third kappa shape index (κ3) is 3.19. The molecule has 0 amide bonds. The highest BCUT2D eigenvalue weighted by molar-refractivity contribution is 5.45. The van der Waals surface area contributed by atoms with E-state index in [9.17, 15) is 13.2 Å². The van der Waals surface area contributed by atoms with Gasteiger partial charge in [0.2, 0.25) is 0 Å². The number of alkyl halides is 3. The van der Waals surface area contributed by atoms with E-state index in [1.807, 2.05) is 0 Å². The highest BCUT2D eigenvalue weighted by Gasteiger charge is 2.29. The largest absolute Gasteiger partial charge is 0.416 e. The molecule has 94 valence electrons. The molecule has 0 radical (unpaired) electrons. The Bertz CT molecular complexity index is 494. The van der Waals surface area contributed by atoms with Crippen molar-refractivity contribution in [2.24, 2.45) is 0 Å². The van der Waals surface area contributed by atoms with Gasteiger partial charge in [-0.15, -0.1) is 0 Å². The summed E-state index contributed by atoms with van der Waals surface area (Å²) in [5.41, 5.74) is 0.665. The van der Waals surface area contributed by atoms with Crippen LogP contribution in [0.4, 0.5) is 18.9 Å². The van der Waals surface area contributed by atoms with Crippen molar-refractivity contribution in [2.45, 2.75) is 12.7 Å². The molecule has 2 aromatic rings. The predicted octanol–water partition coefficient (Wildman–Crippen LogP) is 3.11. The monoisotopic (exact) mass is 253 g/mol. The van der Waals surface area contributed by atoms with Gasteiger partial charge in [0.1, 0.15) is 0 Å². The molecule has 1 N–H and O–H groups in total. The lowest BCUT2D eigenvalue weighted by molar-refractivity contribution is -0.137. The molecule has 0 fully saturated rings. The zero-order chi connectivity index (χ0) is 13.0. The summed E-state index contributed by atoms with van der Waals surface area (Å²) in [4.78, 5) is 0. The van der Waals surface area contributed by atoms with Gasteiger partial charge in [-0.3, -0.25) is 0 Å². The topological polar surface area (TPSA) is 37.8 Å². The number of halogens is 3. The molecule has 0 aliphatic rings. The van der Waals surface area contributed by atoms with E-state index in [0.29, 0.717) is 12.2 Å². The first-order valence-corrected chi connectivity index (χ1v) is 5.23. The minimum absolute atomic E-state index is 0.416. The van der Waals surface area contributed by atoms with E-state index in [2.05, 4.69) is 15.5 Å². The standard InChI is InChI=1S/C12H10F3N3/c13-12(14,15)9-3-5-10(6-4-9)16-8-11-2-1-7-17-18-11/h1-7,16H,8H2. The average Bonchev–Trinajstić information content (AvgIpc) is 2.37. The number of nitrogens with one attached hydrogen (secondary N) is 1. The molecule has 2 rings (SSSR count). The van der Waals surface area contributed by atoms with Gasteiger partial charge in [-0.2, -0.15) is 23.4 Å². The zero-order valence-electron chi connectivity index (χ0n) is 9.28. The number of hydrogen-bond donors (Lipinski definition) is 1. The maximum atomic E-state index is 12.3. The van der Waals surface area contributed by atoms with Crippen LogP contribution in [-0.2, 0) is 12.7 Å². The SMILES string of the molecule is FC(F)(F)c1ccc(NCc2cccnn2)cc1. The van der Waals surface area contributed by atoms with Crippen LogP contribution in [0.25, 0.3) is 0 Å². The zero-order valence-corrected chi connectivity index (χ0v) is 9.28. The van der Waals surface area contributed by atoms with Crippen LogP contribution in [0.5, 0.6) is 0 Å². The predicted molar refractivity (Wildman–Crippen MR) is 60.8 cm³/mol. The van der Waals surface area contributed by atoms with Gasteiger partial charge in [0.05, 0.1) is 17.8 Å². The molecule has 1 aromatic heterocycles. The third-order valence-corrected chi connectivity index (χ3v) is 2.31. The minimum Gasteiger partial charge on any atom is -0.379 e. The molecule has 0 bridgehead atoms. The van der Waals surface area contributed by atoms with Crippen molar-refractivity contribution < 1.29 is 13.2 Å². The maximum Gasteiger partial charge on any atom is 0.416 e. The molecule has 18 heavy (non-hydrogen) atoms. The second-order valence-corrected chi connectivity index (χ2v) is 3.64. The Hall–Kier alpha value is -2.11. The highest BCUT2D eigenvalue weighted by atomic mass is 19.4. The fraction of sp³-hybridized carbons (Fsp3) is 0.167. The molecule has 0 atom stereocenters. The van der Waals surface area contributed by atoms with E-state index < -0.39 is 11.7 Å². The van der Waals surface area contributed by atoms with Crippen LogP contribution in [-0.4, -0.2) is 10.2 Å². The van der Waals surface area contributed by atoms with Gasteiger partial charge in [0, 0.05) is 11.9 Å². The van der Waals surface area contributed by atoms with E-state index >= 15 is 0 Å². The number of hydrogen-bond acceptors (Lipinski definition) is 3. The Morgan fingerprint density at radius 3 is 2.33 bits per heavy atom. The number of anilines is 1. The van der Waals surface area contributed by atoms with Crippen molar-refractivity contribution in [1.82, 2.24) is 10.2 Å². The smallest absolute Gasteiger partial charge is 0.379 e. The Kier molecular flexibility index (Phi) is 3.45. The first kappa shape index (κ1) is 12.3. The summed E-state index contributed by atoms with van der Waals surface area (Å²) < 4.78 is 37.0. The van der Waals surface area contributed by atoms with Crippen molar-refractivity contribution >= 4 is 5.69 Å². The van der Waals surface area contributed by atoms with Crippen LogP contribution in [0.15, 0.2) is 42.6 Å². The molecule has 1 aromatic carbocycles. The summed E-state index contributed by atoms with van der Waals surface area (Å²) in [6, 6.07) is 8.39. The van der Waals surface area contributed by atoms with E-state index in [-0.39, 0.29) is 0 Å². The number of rotatable bonds is 3. The Morgan fingerprint density at radius 2 is 1.78 bits per heavy atom. The van der Waals surface area contributed by atoms with Crippen LogP contribution in [0, 0.1) is 0 Å². The summed E-state index contributed by atoms with van der Waals surface area (Å²) in [6.45, 7) is 0.416. The van der Waals surface area contributed by atoms with E-state index in [1.165, 1.54) is 12.1 Å². The third-order valence-electron chi connectivity index (χ3n) is 2.31. The van der Waals surface area contributed by atoms with Gasteiger partial charge in [-0.1, -0.05) is 0 Å². The minimum atomic E-state index is -4.30. The Morgan fingerprint density at radius 1 is 1.06 bits per heavy atom. The van der Waals surface area contributed by atoms with Crippen LogP contribution in [0.2, 0.25) is 0 Å². The van der Waals surface area contributed by atoms with Gasteiger partial charge in [0.25, 0.3) is 0 Å². The van der Waals surface area contributed by atoms with E-state index in [1.54, 1.807) is 18.3 Å². The van der Waals surface area contributed by atoms with Gasteiger partial charge < -0.3 is 5.32 Å². The Labute approximate surface area is 102 Å². The second kappa shape index (κ2) is 5.03. The summed E-state index contributed by atoms with van der Waals surface area (Å²) in [5.74, 6) is 0. The van der Waals surface area contributed by atoms with Gasteiger partial charge in [0.15, 0.2) is 0 Å². The van der Waals surface area contributed by atoms with Gasteiger partial charge in [-0.05, 0) is 36.4 Å². The van der Waals surface area contributed by atoms with E-state index in [4.69, 9.17) is 0 Å². The Balaban J connectivity index is 1.99. The average molecular weight is 253 g/mol. The van der Waals surface area contributed by atoms with Crippen molar-refractivity contribution in [3.8, 4) is 0 Å². The molecule has 0 aliphatic carbocycles. The molecule has 0 unspecified atom stereocenters. The summed E-state index contributed by atoms with van der Waals surface area (Å²) in [6.07, 6.45) is -2.74. The first-order chi connectivity index (χ1) is 8.55. The quantitative estimate of drug-likeness (QED) is 0.913. The summed E-state index contributed by atoms with van der Waals surface area (Å²) in [5, 5.41) is 10.5. The normalized spacial score (nSPS) is 11.3. The lowest BCUT2D eigenvalue weighted by Crippen LogP contribution is -2.06. The van der Waals surface area contributed by atoms with Gasteiger partial charge in [-0.25, -0.2) is 0 Å². The molecule has 0 spiro atoms. The number of benzene rings is 1. The van der Waals surface area contributed by atoms with E-state index in [0.717, 1.165) is 17.8 Å². The molecular formula is C12H10F3N3. The van der Waals surface area contributed by atoms with Crippen LogP contribution < -0.4 is 5.32 Å². The molecule has 6 heteroatoms. The molecule has 0 aliphatic heterocycles. The van der Waals surface area contributed by atoms with Crippen molar-refractivity contribution in [1.29, 1.82) is 0 Å². The lowest BCUT2D eigenvalue weighted by atomic mass is 10.2. The summed E-state index contributed by atoms with van der Waals surface area (Å²) in [7, 11) is 0. The van der Waals surface area contributed by atoms with Crippen LogP contribution >= 0.6 is 0 Å². The maximum absolute atomic E-state index is 12.3. The molecule has 0 saturated heterocycles. The second-order valence-electron chi connectivity index (χ2n) is 3.64. The highest BCUT2D eigenvalue weighted by Crippen LogP contribution is 2.29. The number of nitrogens with zero attached hydrogens (tertiary/aromatic N) is 2. The number of aromatic nitrogens is 2. The summed E-state index contributed by atoms with van der Waals surface area (Å²) >= 11 is 0. The molecular weight excluding hydrogens is 243 g/mol. The molecule has 0 saturated carbocycles. The fourth-order valence-electron chi connectivity index (χ4n) is 1.40. The fourth-order valence-corrected chi connectivity index (χ4v) is 1.40. The van der Waals surface area contributed by atoms with Crippen molar-refractivity contribution in [3.63, 3.8) is 0 Å². The van der Waals surface area contributed by atoms with Crippen LogP contribution in [0.1, 0.15) is 11.3 Å². The molecule has 1 heterocycles. The van der Waals surface area contributed by atoms with Crippen molar-refractivity contribution in [3.05, 3.63) is 53.9 Å². The molecule has 3 nitrogen and oxygen atoms in total.